The zero-order chi connectivity index (χ0) is 22.8. The first-order valence-corrected chi connectivity index (χ1v) is 10.9. The molecule has 1 N–H and O–H groups in total. The number of carbonyl (C=O) groups is 3. The van der Waals surface area contributed by atoms with Crippen molar-refractivity contribution < 1.29 is 14.4 Å². The van der Waals surface area contributed by atoms with Gasteiger partial charge in [-0.3, -0.25) is 19.3 Å². The average molecular weight is 450 g/mol. The van der Waals surface area contributed by atoms with Gasteiger partial charge in [0.05, 0.1) is 5.69 Å². The minimum absolute atomic E-state index is 0.156. The van der Waals surface area contributed by atoms with E-state index in [4.69, 9.17) is 11.6 Å². The molecule has 0 spiro atoms. The molecular weight excluding hydrogens is 426 g/mol. The molecule has 3 aromatic carbocycles. The molecular formula is C25H24ClN3O3. The lowest BCUT2D eigenvalue weighted by Crippen LogP contribution is -2.50. The molecule has 3 amide bonds. The maximum absolute atomic E-state index is 13.5. The lowest BCUT2D eigenvalue weighted by Gasteiger charge is -2.30. The average Bonchev–Trinajstić information content (AvgIpc) is 3.05. The van der Waals surface area contributed by atoms with Crippen LogP contribution in [0.1, 0.15) is 29.8 Å². The van der Waals surface area contributed by atoms with Crippen LogP contribution in [0.3, 0.4) is 0 Å². The van der Waals surface area contributed by atoms with E-state index >= 15 is 0 Å². The normalized spacial score (nSPS) is 13.3. The largest absolute Gasteiger partial charge is 0.355 e. The first kappa shape index (κ1) is 21.8. The second-order valence-corrected chi connectivity index (χ2v) is 8.23. The highest BCUT2D eigenvalue weighted by Gasteiger charge is 2.34. The number of benzene rings is 3. The summed E-state index contributed by atoms with van der Waals surface area (Å²) >= 11 is 6.12. The number of carbonyl (C=O) groups excluding carboxylic acids is 3. The quantitative estimate of drug-likeness (QED) is 0.592. The van der Waals surface area contributed by atoms with Gasteiger partial charge in [-0.25, -0.2) is 0 Å². The van der Waals surface area contributed by atoms with Gasteiger partial charge in [0.25, 0.3) is 5.91 Å². The first-order chi connectivity index (χ1) is 15.4. The Bertz CT molecular complexity index is 1200. The SMILES string of the molecule is CCNC(=O)[C@@H](C)N(Cc1cccc(Cl)c1)C(=O)CN1C(=O)c2cccc3cccc1c23. The number of hydrogen-bond acceptors (Lipinski definition) is 3. The van der Waals surface area contributed by atoms with Crippen molar-refractivity contribution in [3.8, 4) is 0 Å². The van der Waals surface area contributed by atoms with Crippen LogP contribution in [0, 0.1) is 0 Å². The van der Waals surface area contributed by atoms with E-state index < -0.39 is 6.04 Å². The minimum atomic E-state index is -0.711. The van der Waals surface area contributed by atoms with Crippen LogP contribution in [0.5, 0.6) is 0 Å². The van der Waals surface area contributed by atoms with Crippen LogP contribution < -0.4 is 10.2 Å². The molecule has 1 aliphatic heterocycles. The number of amides is 3. The molecule has 0 aliphatic carbocycles. The smallest absolute Gasteiger partial charge is 0.259 e. The molecule has 0 saturated carbocycles. The third-order valence-corrected chi connectivity index (χ3v) is 5.94. The summed E-state index contributed by atoms with van der Waals surface area (Å²) in [6.07, 6.45) is 0. The number of halogens is 1. The van der Waals surface area contributed by atoms with Crippen LogP contribution in [0.2, 0.25) is 5.02 Å². The Morgan fingerprint density at radius 1 is 1.09 bits per heavy atom. The standard InChI is InChI=1S/C25H24ClN3O3/c1-3-27-24(31)16(2)28(14-17-7-4-10-19(26)13-17)22(30)15-29-21-12-6-9-18-8-5-11-20(23(18)21)25(29)32/h4-13,16H,3,14-15H2,1-2H3,(H,27,31)/t16-/m1/s1. The minimum Gasteiger partial charge on any atom is -0.355 e. The van der Waals surface area contributed by atoms with Gasteiger partial charge in [-0.05, 0) is 49.1 Å². The third-order valence-electron chi connectivity index (χ3n) is 5.70. The van der Waals surface area contributed by atoms with Gasteiger partial charge in [-0.1, -0.05) is 48.0 Å². The lowest BCUT2D eigenvalue weighted by molar-refractivity contribution is -0.139. The summed E-state index contributed by atoms with van der Waals surface area (Å²) in [6.45, 7) is 4.03. The second kappa shape index (κ2) is 9.01. The van der Waals surface area contributed by atoms with Gasteiger partial charge in [-0.15, -0.1) is 0 Å². The van der Waals surface area contributed by atoms with Gasteiger partial charge in [0.1, 0.15) is 12.6 Å². The van der Waals surface area contributed by atoms with E-state index in [-0.39, 0.29) is 30.8 Å². The highest BCUT2D eigenvalue weighted by Crippen LogP contribution is 2.37. The van der Waals surface area contributed by atoms with Crippen molar-refractivity contribution in [1.29, 1.82) is 0 Å². The Hall–Kier alpha value is -3.38. The van der Waals surface area contributed by atoms with Gasteiger partial charge >= 0.3 is 0 Å². The summed E-state index contributed by atoms with van der Waals surface area (Å²) < 4.78 is 0. The van der Waals surface area contributed by atoms with Gasteiger partial charge in [0.15, 0.2) is 0 Å². The predicted molar refractivity (Wildman–Crippen MR) is 126 cm³/mol. The highest BCUT2D eigenvalue weighted by atomic mass is 35.5. The molecule has 164 valence electrons. The summed E-state index contributed by atoms with van der Waals surface area (Å²) in [5, 5.41) is 5.13. The highest BCUT2D eigenvalue weighted by molar-refractivity contribution is 6.30. The van der Waals surface area contributed by atoms with Crippen molar-refractivity contribution in [3.63, 3.8) is 0 Å². The van der Waals surface area contributed by atoms with E-state index in [1.165, 1.54) is 9.80 Å². The molecule has 0 bridgehead atoms. The molecule has 1 aliphatic rings. The Morgan fingerprint density at radius 2 is 1.81 bits per heavy atom. The van der Waals surface area contributed by atoms with Crippen molar-refractivity contribution in [1.82, 2.24) is 10.2 Å². The fourth-order valence-corrected chi connectivity index (χ4v) is 4.31. The van der Waals surface area contributed by atoms with Crippen LogP contribution >= 0.6 is 11.6 Å². The lowest BCUT2D eigenvalue weighted by atomic mass is 10.1. The molecule has 0 unspecified atom stereocenters. The molecule has 1 atom stereocenters. The molecule has 0 aromatic heterocycles. The van der Waals surface area contributed by atoms with E-state index in [2.05, 4.69) is 5.32 Å². The van der Waals surface area contributed by atoms with Gasteiger partial charge < -0.3 is 10.2 Å². The van der Waals surface area contributed by atoms with Crippen LogP contribution in [-0.4, -0.2) is 41.8 Å². The molecule has 32 heavy (non-hydrogen) atoms. The summed E-state index contributed by atoms with van der Waals surface area (Å²) in [5.41, 5.74) is 2.11. The van der Waals surface area contributed by atoms with Crippen molar-refractivity contribution >= 4 is 45.8 Å². The van der Waals surface area contributed by atoms with E-state index in [1.54, 1.807) is 31.2 Å². The number of nitrogens with one attached hydrogen (secondary N) is 1. The van der Waals surface area contributed by atoms with E-state index in [1.807, 2.05) is 43.3 Å². The van der Waals surface area contributed by atoms with Crippen molar-refractivity contribution in [3.05, 3.63) is 76.8 Å². The van der Waals surface area contributed by atoms with E-state index in [0.717, 1.165) is 16.3 Å². The summed E-state index contributed by atoms with van der Waals surface area (Å²) in [4.78, 5) is 42.1. The van der Waals surface area contributed by atoms with E-state index in [9.17, 15) is 14.4 Å². The third kappa shape index (κ3) is 4.06. The van der Waals surface area contributed by atoms with Gasteiger partial charge in [0.2, 0.25) is 11.8 Å². The molecule has 3 aromatic rings. The number of hydrogen-bond donors (Lipinski definition) is 1. The molecule has 0 saturated heterocycles. The summed E-state index contributed by atoms with van der Waals surface area (Å²) in [7, 11) is 0. The first-order valence-electron chi connectivity index (χ1n) is 10.6. The molecule has 7 heteroatoms. The maximum Gasteiger partial charge on any atom is 0.259 e. The van der Waals surface area contributed by atoms with E-state index in [0.29, 0.717) is 22.8 Å². The number of likely N-dealkylation sites (N-methyl/N-ethyl adjacent to an activating group) is 1. The predicted octanol–water partition coefficient (Wildman–Crippen LogP) is 4.01. The molecule has 4 rings (SSSR count). The van der Waals surface area contributed by atoms with Crippen molar-refractivity contribution in [2.45, 2.75) is 26.4 Å². The molecule has 0 fully saturated rings. The van der Waals surface area contributed by atoms with Gasteiger partial charge in [-0.2, -0.15) is 0 Å². The van der Waals surface area contributed by atoms with Crippen molar-refractivity contribution in [2.75, 3.05) is 18.0 Å². The van der Waals surface area contributed by atoms with Crippen LogP contribution in [-0.2, 0) is 16.1 Å². The second-order valence-electron chi connectivity index (χ2n) is 7.79. The van der Waals surface area contributed by atoms with Crippen LogP contribution in [0.4, 0.5) is 5.69 Å². The van der Waals surface area contributed by atoms with Crippen LogP contribution in [0.15, 0.2) is 60.7 Å². The van der Waals surface area contributed by atoms with Crippen LogP contribution in [0.25, 0.3) is 10.8 Å². The fraction of sp³-hybridized carbons (Fsp3) is 0.240. The Labute approximate surface area is 191 Å². The Balaban J connectivity index is 1.63. The number of rotatable bonds is 7. The molecule has 0 radical (unpaired) electrons. The molecule has 6 nitrogen and oxygen atoms in total. The Morgan fingerprint density at radius 3 is 2.53 bits per heavy atom. The van der Waals surface area contributed by atoms with Crippen molar-refractivity contribution in [2.24, 2.45) is 0 Å². The topological polar surface area (TPSA) is 69.7 Å². The summed E-state index contributed by atoms with van der Waals surface area (Å²) in [6, 6.07) is 17.7. The number of nitrogens with zero attached hydrogens (tertiary/aromatic N) is 2. The zero-order valence-corrected chi connectivity index (χ0v) is 18.7. The van der Waals surface area contributed by atoms with Gasteiger partial charge in [0, 0.05) is 29.1 Å². The molecule has 1 heterocycles. The fourth-order valence-electron chi connectivity index (χ4n) is 4.10. The zero-order valence-electron chi connectivity index (χ0n) is 18.0. The maximum atomic E-state index is 13.5. The Kier molecular flexibility index (Phi) is 6.15. The number of anilines is 1. The summed E-state index contributed by atoms with van der Waals surface area (Å²) in [5.74, 6) is -0.776. The monoisotopic (exact) mass is 449 g/mol.